The van der Waals surface area contributed by atoms with Gasteiger partial charge in [-0.15, -0.1) is 12.4 Å². The van der Waals surface area contributed by atoms with Crippen molar-refractivity contribution in [3.8, 4) is 22.9 Å². The average molecular weight is 419 g/mol. The Kier molecular flexibility index (Phi) is 8.81. The van der Waals surface area contributed by atoms with Crippen LogP contribution in [0.1, 0.15) is 19.2 Å². The number of aryl methyl sites for hydroxylation is 1. The van der Waals surface area contributed by atoms with Crippen LogP contribution in [0.15, 0.2) is 16.7 Å². The second-order valence-corrected chi connectivity index (χ2v) is 6.20. The average Bonchev–Trinajstić information content (AvgIpc) is 3.13. The van der Waals surface area contributed by atoms with Crippen molar-refractivity contribution in [2.24, 2.45) is 5.73 Å². The summed E-state index contributed by atoms with van der Waals surface area (Å²) in [4.78, 5) is 18.1. The molecule has 0 aliphatic rings. The van der Waals surface area contributed by atoms with Crippen molar-refractivity contribution in [2.75, 3.05) is 27.8 Å². The first kappa shape index (κ1) is 23.0. The monoisotopic (exact) mass is 418 g/mol. The van der Waals surface area contributed by atoms with Crippen molar-refractivity contribution in [3.63, 3.8) is 0 Å². The Labute approximate surface area is 169 Å². The van der Waals surface area contributed by atoms with E-state index in [2.05, 4.69) is 10.1 Å². The van der Waals surface area contributed by atoms with Gasteiger partial charge in [-0.25, -0.2) is 0 Å². The SMILES string of the molecule is COc1cc(-c2noc(CCC(=O)N(C)C(C)CN)n2)cc(Cl)c1OC.Cl. The number of likely N-dealkylation sites (N-methyl/N-ethyl adjacent to an activating group) is 1. The van der Waals surface area contributed by atoms with Gasteiger partial charge in [0.2, 0.25) is 17.6 Å². The highest BCUT2D eigenvalue weighted by molar-refractivity contribution is 6.32. The molecule has 0 aliphatic carbocycles. The Morgan fingerprint density at radius 2 is 2.07 bits per heavy atom. The summed E-state index contributed by atoms with van der Waals surface area (Å²) in [6.07, 6.45) is 0.601. The van der Waals surface area contributed by atoms with E-state index in [0.29, 0.717) is 46.8 Å². The topological polar surface area (TPSA) is 104 Å². The zero-order valence-corrected chi connectivity index (χ0v) is 17.3. The van der Waals surface area contributed by atoms with Crippen molar-refractivity contribution in [1.29, 1.82) is 0 Å². The molecule has 2 N–H and O–H groups in total. The number of methoxy groups -OCH3 is 2. The summed E-state index contributed by atoms with van der Waals surface area (Å²) in [5, 5.41) is 4.32. The van der Waals surface area contributed by atoms with Gasteiger partial charge in [0.05, 0.1) is 19.2 Å². The second kappa shape index (κ2) is 10.3. The van der Waals surface area contributed by atoms with Crippen molar-refractivity contribution >= 4 is 29.9 Å². The van der Waals surface area contributed by atoms with E-state index < -0.39 is 0 Å². The molecule has 10 heteroatoms. The molecule has 0 saturated carbocycles. The molecule has 1 atom stereocenters. The Balaban J connectivity index is 0.00000364. The maximum absolute atomic E-state index is 12.1. The molecule has 1 aromatic carbocycles. The molecule has 2 rings (SSSR count). The molecule has 0 fully saturated rings. The minimum atomic E-state index is -0.0307. The predicted molar refractivity (Wildman–Crippen MR) is 105 cm³/mol. The van der Waals surface area contributed by atoms with Gasteiger partial charge < -0.3 is 24.6 Å². The summed E-state index contributed by atoms with van der Waals surface area (Å²) in [6.45, 7) is 2.30. The lowest BCUT2D eigenvalue weighted by Crippen LogP contribution is -2.39. The molecule has 1 amide bonds. The van der Waals surface area contributed by atoms with E-state index in [9.17, 15) is 4.79 Å². The molecule has 27 heavy (non-hydrogen) atoms. The van der Waals surface area contributed by atoms with Crippen LogP contribution in [0.5, 0.6) is 11.5 Å². The molecule has 1 aromatic heterocycles. The molecular formula is C17H24Cl2N4O4. The fourth-order valence-corrected chi connectivity index (χ4v) is 2.60. The van der Waals surface area contributed by atoms with Gasteiger partial charge in [-0.2, -0.15) is 4.98 Å². The number of nitrogens with two attached hydrogens (primary N) is 1. The van der Waals surface area contributed by atoms with Gasteiger partial charge in [0.1, 0.15) is 0 Å². The Morgan fingerprint density at radius 3 is 2.67 bits per heavy atom. The molecule has 150 valence electrons. The van der Waals surface area contributed by atoms with Crippen LogP contribution >= 0.6 is 24.0 Å². The summed E-state index contributed by atoms with van der Waals surface area (Å²) in [7, 11) is 4.75. The Bertz CT molecular complexity index is 769. The number of carbonyl (C=O) groups excluding carboxylic acids is 1. The molecule has 0 radical (unpaired) electrons. The van der Waals surface area contributed by atoms with Crippen LogP contribution in [-0.2, 0) is 11.2 Å². The maximum Gasteiger partial charge on any atom is 0.227 e. The lowest BCUT2D eigenvalue weighted by Gasteiger charge is -2.23. The normalized spacial score (nSPS) is 11.5. The number of ether oxygens (including phenoxy) is 2. The summed E-state index contributed by atoms with van der Waals surface area (Å²) in [5.74, 6) is 1.60. The standard InChI is InChI=1S/C17H23ClN4O4.ClH/c1-10(9-19)22(2)15(23)6-5-14-20-17(21-26-14)11-7-12(18)16(25-4)13(8-11)24-3;/h7-8,10H,5-6,9,19H2,1-4H3;1H. The zero-order chi connectivity index (χ0) is 19.3. The number of rotatable bonds is 8. The van der Waals surface area contributed by atoms with Gasteiger partial charge in [-0.3, -0.25) is 4.79 Å². The number of carbonyl (C=O) groups is 1. The van der Waals surface area contributed by atoms with Crippen LogP contribution in [0.2, 0.25) is 5.02 Å². The van der Waals surface area contributed by atoms with Crippen LogP contribution < -0.4 is 15.2 Å². The van der Waals surface area contributed by atoms with Gasteiger partial charge in [0, 0.05) is 38.0 Å². The van der Waals surface area contributed by atoms with Crippen LogP contribution in [-0.4, -0.2) is 54.8 Å². The van der Waals surface area contributed by atoms with Crippen LogP contribution in [0.25, 0.3) is 11.4 Å². The highest BCUT2D eigenvalue weighted by Crippen LogP contribution is 2.38. The number of halogens is 2. The zero-order valence-electron chi connectivity index (χ0n) is 15.7. The number of aromatic nitrogens is 2. The van der Waals surface area contributed by atoms with Crippen molar-refractivity contribution in [1.82, 2.24) is 15.0 Å². The maximum atomic E-state index is 12.1. The Morgan fingerprint density at radius 1 is 1.37 bits per heavy atom. The quantitative estimate of drug-likeness (QED) is 0.701. The predicted octanol–water partition coefficient (Wildman–Crippen LogP) is 2.57. The van der Waals surface area contributed by atoms with Crippen LogP contribution in [0, 0.1) is 0 Å². The van der Waals surface area contributed by atoms with Gasteiger partial charge >= 0.3 is 0 Å². The van der Waals surface area contributed by atoms with Crippen LogP contribution in [0.4, 0.5) is 0 Å². The second-order valence-electron chi connectivity index (χ2n) is 5.79. The van der Waals surface area contributed by atoms with E-state index in [0.717, 1.165) is 0 Å². The van der Waals surface area contributed by atoms with Crippen LogP contribution in [0.3, 0.4) is 0 Å². The number of amides is 1. The van der Waals surface area contributed by atoms with E-state index >= 15 is 0 Å². The summed E-state index contributed by atoms with van der Waals surface area (Å²) < 4.78 is 15.7. The number of hydrogen-bond acceptors (Lipinski definition) is 7. The third-order valence-electron chi connectivity index (χ3n) is 4.11. The summed E-state index contributed by atoms with van der Waals surface area (Å²) in [6, 6.07) is 3.36. The minimum Gasteiger partial charge on any atom is -0.493 e. The minimum absolute atomic E-state index is 0. The Hall–Kier alpha value is -2.03. The molecule has 2 aromatic rings. The highest BCUT2D eigenvalue weighted by atomic mass is 35.5. The molecular weight excluding hydrogens is 395 g/mol. The molecule has 0 saturated heterocycles. The van der Waals surface area contributed by atoms with Gasteiger partial charge in [0.15, 0.2) is 11.5 Å². The van der Waals surface area contributed by atoms with Crippen molar-refractivity contribution < 1.29 is 18.8 Å². The molecule has 0 bridgehead atoms. The molecule has 0 aliphatic heterocycles. The molecule has 1 unspecified atom stereocenters. The number of benzene rings is 1. The number of hydrogen-bond donors (Lipinski definition) is 1. The van der Waals surface area contributed by atoms with E-state index in [1.165, 1.54) is 14.2 Å². The van der Waals surface area contributed by atoms with Crippen molar-refractivity contribution in [3.05, 3.63) is 23.0 Å². The third-order valence-corrected chi connectivity index (χ3v) is 4.39. The fourth-order valence-electron chi connectivity index (χ4n) is 2.31. The van der Waals surface area contributed by atoms with Gasteiger partial charge in [-0.05, 0) is 19.1 Å². The van der Waals surface area contributed by atoms with Gasteiger partial charge in [0.25, 0.3) is 0 Å². The first-order valence-electron chi connectivity index (χ1n) is 8.11. The lowest BCUT2D eigenvalue weighted by molar-refractivity contribution is -0.131. The van der Waals surface area contributed by atoms with E-state index in [1.807, 2.05) is 6.92 Å². The van der Waals surface area contributed by atoms with E-state index in [-0.39, 0.29) is 30.8 Å². The largest absolute Gasteiger partial charge is 0.493 e. The lowest BCUT2D eigenvalue weighted by atomic mass is 10.2. The first-order valence-corrected chi connectivity index (χ1v) is 8.49. The summed E-state index contributed by atoms with van der Waals surface area (Å²) >= 11 is 6.20. The molecule has 0 spiro atoms. The highest BCUT2D eigenvalue weighted by Gasteiger charge is 2.18. The third kappa shape index (κ3) is 5.47. The van der Waals surface area contributed by atoms with Gasteiger partial charge in [-0.1, -0.05) is 16.8 Å². The fraction of sp³-hybridized carbons (Fsp3) is 0.471. The van der Waals surface area contributed by atoms with E-state index in [4.69, 9.17) is 31.3 Å². The molecule has 8 nitrogen and oxygen atoms in total. The van der Waals surface area contributed by atoms with E-state index in [1.54, 1.807) is 24.1 Å². The van der Waals surface area contributed by atoms with Crippen molar-refractivity contribution in [2.45, 2.75) is 25.8 Å². The summed E-state index contributed by atoms with van der Waals surface area (Å²) in [5.41, 5.74) is 6.21. The molecule has 1 heterocycles. The first-order chi connectivity index (χ1) is 12.4. The number of nitrogens with zero attached hydrogens (tertiary/aromatic N) is 3. The smallest absolute Gasteiger partial charge is 0.227 e.